The summed E-state index contributed by atoms with van der Waals surface area (Å²) >= 11 is 0. The lowest BCUT2D eigenvalue weighted by Gasteiger charge is -2.30. The quantitative estimate of drug-likeness (QED) is 0.565. The first-order chi connectivity index (χ1) is 7.28. The van der Waals surface area contributed by atoms with Crippen molar-refractivity contribution in [2.45, 2.75) is 53.4 Å². The molecule has 0 aliphatic rings. The van der Waals surface area contributed by atoms with Crippen LogP contribution in [0.4, 0.5) is 0 Å². The summed E-state index contributed by atoms with van der Waals surface area (Å²) in [7, 11) is 0. The van der Waals surface area contributed by atoms with Crippen LogP contribution in [0.5, 0.6) is 0 Å². The Kier molecular flexibility index (Phi) is 10.3. The van der Waals surface area contributed by atoms with Crippen LogP contribution in [-0.4, -0.2) is 36.2 Å². The first-order valence-corrected chi connectivity index (χ1v) is 6.54. The maximum Gasteiger partial charge on any atom is 0.0141 e. The van der Waals surface area contributed by atoms with Gasteiger partial charge in [-0.1, -0.05) is 27.7 Å². The van der Waals surface area contributed by atoms with Crippen molar-refractivity contribution in [3.8, 4) is 0 Å². The fraction of sp³-hybridized carbons (Fsp3) is 1.00. The van der Waals surface area contributed by atoms with E-state index in [0.717, 1.165) is 26.2 Å². The van der Waals surface area contributed by atoms with Crippen molar-refractivity contribution in [3.05, 3.63) is 0 Å². The van der Waals surface area contributed by atoms with E-state index in [1.54, 1.807) is 0 Å². The second-order valence-electron chi connectivity index (χ2n) is 4.07. The molecule has 0 amide bonds. The Morgan fingerprint density at radius 3 is 1.07 bits per heavy atom. The summed E-state index contributed by atoms with van der Waals surface area (Å²) in [4.78, 5) is 0. The molecule has 0 saturated carbocycles. The molecule has 0 aromatic carbocycles. The van der Waals surface area contributed by atoms with Gasteiger partial charge in [0.2, 0.25) is 0 Å². The van der Waals surface area contributed by atoms with Crippen molar-refractivity contribution in [2.24, 2.45) is 0 Å². The summed E-state index contributed by atoms with van der Waals surface area (Å²) in [6.07, 6.45) is 4.83. The Hall–Kier alpha value is -0.120. The molecule has 92 valence electrons. The molecule has 0 radical (unpaired) electrons. The van der Waals surface area contributed by atoms with Crippen molar-refractivity contribution >= 4 is 0 Å². The summed E-state index contributed by atoms with van der Waals surface area (Å²) < 4.78 is 0. The molecule has 15 heavy (non-hydrogen) atoms. The normalized spacial score (nSPS) is 11.6. The molecule has 1 N–H and O–H groups in total. The Bertz CT molecular complexity index is 102. The van der Waals surface area contributed by atoms with Gasteiger partial charge in [0.25, 0.3) is 0 Å². The molecule has 3 nitrogen and oxygen atoms in total. The zero-order chi connectivity index (χ0) is 11.5. The van der Waals surface area contributed by atoms with Gasteiger partial charge in [0.05, 0.1) is 0 Å². The lowest BCUT2D eigenvalue weighted by atomic mass is 10.4. The van der Waals surface area contributed by atoms with Crippen LogP contribution in [-0.2, 0) is 0 Å². The maximum absolute atomic E-state index is 3.52. The predicted molar refractivity (Wildman–Crippen MR) is 67.4 cm³/mol. The number of rotatable bonds is 10. The molecule has 0 aromatic rings. The summed E-state index contributed by atoms with van der Waals surface area (Å²) in [6, 6.07) is 0. The van der Waals surface area contributed by atoms with Crippen molar-refractivity contribution in [1.82, 2.24) is 15.6 Å². The summed E-state index contributed by atoms with van der Waals surface area (Å²) in [5.74, 6) is 0. The molecule has 3 heteroatoms. The van der Waals surface area contributed by atoms with Gasteiger partial charge in [-0.05, 0) is 25.7 Å². The minimum Gasteiger partial charge on any atom is -0.231 e. The Morgan fingerprint density at radius 1 is 0.600 bits per heavy atom. The molecule has 0 fully saturated rings. The molecule has 0 aliphatic heterocycles. The molecule has 0 heterocycles. The SMILES string of the molecule is CCCN(CCC)NN(CCC)CCC. The number of hydrogen-bond acceptors (Lipinski definition) is 3. The van der Waals surface area contributed by atoms with Crippen LogP contribution in [0.15, 0.2) is 0 Å². The van der Waals surface area contributed by atoms with Crippen LogP contribution in [0.1, 0.15) is 53.4 Å². The Morgan fingerprint density at radius 2 is 0.867 bits per heavy atom. The third kappa shape index (κ3) is 7.77. The van der Waals surface area contributed by atoms with Gasteiger partial charge < -0.3 is 0 Å². The first kappa shape index (κ1) is 14.9. The molecule has 0 aliphatic carbocycles. The average molecular weight is 215 g/mol. The van der Waals surface area contributed by atoms with E-state index in [1.807, 2.05) is 0 Å². The minimum absolute atomic E-state index is 1.14. The van der Waals surface area contributed by atoms with Gasteiger partial charge in [-0.15, -0.1) is 0 Å². The molecule has 0 saturated heterocycles. The average Bonchev–Trinajstić information content (AvgIpc) is 2.19. The topological polar surface area (TPSA) is 18.5 Å². The van der Waals surface area contributed by atoms with Crippen molar-refractivity contribution in [2.75, 3.05) is 26.2 Å². The van der Waals surface area contributed by atoms with Crippen LogP contribution in [0.25, 0.3) is 0 Å². The minimum atomic E-state index is 1.14. The molecular weight excluding hydrogens is 186 g/mol. The monoisotopic (exact) mass is 215 g/mol. The van der Waals surface area contributed by atoms with Crippen LogP contribution in [0.2, 0.25) is 0 Å². The highest BCUT2D eigenvalue weighted by molar-refractivity contribution is 4.52. The van der Waals surface area contributed by atoms with Crippen molar-refractivity contribution in [1.29, 1.82) is 0 Å². The van der Waals surface area contributed by atoms with E-state index in [0.29, 0.717) is 0 Å². The second kappa shape index (κ2) is 10.4. The van der Waals surface area contributed by atoms with Gasteiger partial charge in [0.15, 0.2) is 0 Å². The lowest BCUT2D eigenvalue weighted by Crippen LogP contribution is -2.50. The predicted octanol–water partition coefficient (Wildman–Crippen LogP) is 2.65. The molecule has 0 spiro atoms. The largest absolute Gasteiger partial charge is 0.231 e. The second-order valence-corrected chi connectivity index (χ2v) is 4.07. The van der Waals surface area contributed by atoms with E-state index in [-0.39, 0.29) is 0 Å². The zero-order valence-corrected chi connectivity index (χ0v) is 11.1. The molecule has 0 unspecified atom stereocenters. The third-order valence-electron chi connectivity index (χ3n) is 2.26. The number of hydrogen-bond donors (Lipinski definition) is 1. The Balaban J connectivity index is 3.93. The first-order valence-electron chi connectivity index (χ1n) is 6.54. The molecule has 0 rings (SSSR count). The lowest BCUT2D eigenvalue weighted by molar-refractivity contribution is 0.0222. The van der Waals surface area contributed by atoms with Gasteiger partial charge >= 0.3 is 0 Å². The van der Waals surface area contributed by atoms with Gasteiger partial charge in [0, 0.05) is 26.2 Å². The number of nitrogens with one attached hydrogen (secondary N) is 1. The van der Waals surface area contributed by atoms with E-state index in [1.165, 1.54) is 25.7 Å². The number of hydrazine groups is 2. The van der Waals surface area contributed by atoms with E-state index in [9.17, 15) is 0 Å². The van der Waals surface area contributed by atoms with Crippen LogP contribution in [0, 0.1) is 0 Å². The fourth-order valence-corrected chi connectivity index (χ4v) is 1.70. The van der Waals surface area contributed by atoms with Crippen molar-refractivity contribution in [3.63, 3.8) is 0 Å². The van der Waals surface area contributed by atoms with Crippen molar-refractivity contribution < 1.29 is 0 Å². The van der Waals surface area contributed by atoms with E-state index < -0.39 is 0 Å². The van der Waals surface area contributed by atoms with Gasteiger partial charge in [-0.25, -0.2) is 10.0 Å². The highest BCUT2D eigenvalue weighted by atomic mass is 15.7. The molecule has 0 atom stereocenters. The fourth-order valence-electron chi connectivity index (χ4n) is 1.70. The van der Waals surface area contributed by atoms with E-state index in [4.69, 9.17) is 0 Å². The number of nitrogens with zero attached hydrogens (tertiary/aromatic N) is 2. The highest BCUT2D eigenvalue weighted by Gasteiger charge is 2.07. The van der Waals surface area contributed by atoms with Crippen LogP contribution < -0.4 is 5.53 Å². The van der Waals surface area contributed by atoms with Gasteiger partial charge in [-0.3, -0.25) is 0 Å². The zero-order valence-electron chi connectivity index (χ0n) is 11.1. The molecular formula is C12H29N3. The van der Waals surface area contributed by atoms with Crippen LogP contribution >= 0.6 is 0 Å². The van der Waals surface area contributed by atoms with Gasteiger partial charge in [0.1, 0.15) is 0 Å². The van der Waals surface area contributed by atoms with Gasteiger partial charge in [-0.2, -0.15) is 5.53 Å². The summed E-state index contributed by atoms with van der Waals surface area (Å²) in [6.45, 7) is 13.5. The van der Waals surface area contributed by atoms with E-state index in [2.05, 4.69) is 43.2 Å². The highest BCUT2D eigenvalue weighted by Crippen LogP contribution is 1.95. The maximum atomic E-state index is 3.52. The smallest absolute Gasteiger partial charge is 0.0141 e. The summed E-state index contributed by atoms with van der Waals surface area (Å²) in [5.41, 5.74) is 3.52. The molecule has 0 bridgehead atoms. The molecule has 0 aromatic heterocycles. The Labute approximate surface area is 95.8 Å². The third-order valence-corrected chi connectivity index (χ3v) is 2.26. The summed E-state index contributed by atoms with van der Waals surface area (Å²) in [5, 5.41) is 4.68. The van der Waals surface area contributed by atoms with E-state index >= 15 is 0 Å². The van der Waals surface area contributed by atoms with Crippen LogP contribution in [0.3, 0.4) is 0 Å². The standard InChI is InChI=1S/C12H29N3/c1-5-9-14(10-6-2)13-15(11-7-3)12-8-4/h13H,5-12H2,1-4H3.